The van der Waals surface area contributed by atoms with Crippen LogP contribution in [-0.4, -0.2) is 59.3 Å². The highest BCUT2D eigenvalue weighted by Crippen LogP contribution is 2.22. The van der Waals surface area contributed by atoms with Gasteiger partial charge >= 0.3 is 0 Å². The van der Waals surface area contributed by atoms with Gasteiger partial charge in [-0.05, 0) is 44.2 Å². The molecule has 0 radical (unpaired) electrons. The summed E-state index contributed by atoms with van der Waals surface area (Å²) >= 11 is 0. The Bertz CT molecular complexity index is 1110. The number of nitrogens with one attached hydrogen (secondary N) is 1. The quantitative estimate of drug-likeness (QED) is 0.608. The maximum Gasteiger partial charge on any atom is 0.235 e. The normalized spacial score (nSPS) is 15.4. The van der Waals surface area contributed by atoms with Crippen molar-refractivity contribution < 1.29 is 8.42 Å². The van der Waals surface area contributed by atoms with Gasteiger partial charge in [0.25, 0.3) is 0 Å². The first-order valence-corrected chi connectivity index (χ1v) is 12.0. The summed E-state index contributed by atoms with van der Waals surface area (Å²) in [5, 5.41) is -0.471. The van der Waals surface area contributed by atoms with Crippen LogP contribution in [0.5, 0.6) is 0 Å². The molecule has 31 heavy (non-hydrogen) atoms. The maximum absolute atomic E-state index is 12.2. The van der Waals surface area contributed by atoms with Crippen LogP contribution >= 0.6 is 0 Å². The lowest BCUT2D eigenvalue weighted by atomic mass is 10.2. The summed E-state index contributed by atoms with van der Waals surface area (Å²) in [6.07, 6.45) is 5.60. The molecular weight excluding hydrogens is 412 g/mol. The molecule has 0 amide bonds. The summed E-state index contributed by atoms with van der Waals surface area (Å²) in [4.78, 5) is 13.5. The van der Waals surface area contributed by atoms with E-state index in [1.807, 2.05) is 47.2 Å². The standard InChI is InChI=1S/C22H28N6O2S/c1-18(2)31(29,30)25-19-6-5-7-21(14-19)27-12-10-26(11-13-27)15-20-16-28(17-24-20)22-8-3-4-9-23-22/h3-9,14,16-18,25H,10-13,15H2,1-2H3. The molecule has 0 bridgehead atoms. The van der Waals surface area contributed by atoms with Crippen molar-refractivity contribution in [1.82, 2.24) is 19.4 Å². The summed E-state index contributed by atoms with van der Waals surface area (Å²) < 4.78 is 28.9. The Kier molecular flexibility index (Phi) is 6.24. The number of hydrogen-bond acceptors (Lipinski definition) is 6. The predicted molar refractivity (Wildman–Crippen MR) is 123 cm³/mol. The second-order valence-electron chi connectivity index (χ2n) is 7.97. The third-order valence-electron chi connectivity index (χ3n) is 5.40. The number of rotatable bonds is 7. The van der Waals surface area contributed by atoms with Crippen LogP contribution in [0.4, 0.5) is 11.4 Å². The number of sulfonamides is 1. The van der Waals surface area contributed by atoms with Crippen molar-refractivity contribution in [2.75, 3.05) is 35.8 Å². The maximum atomic E-state index is 12.2. The van der Waals surface area contributed by atoms with Crippen molar-refractivity contribution in [3.05, 3.63) is 66.9 Å². The van der Waals surface area contributed by atoms with E-state index in [-0.39, 0.29) is 0 Å². The Morgan fingerprint density at radius 1 is 1.03 bits per heavy atom. The molecule has 3 aromatic rings. The van der Waals surface area contributed by atoms with E-state index in [4.69, 9.17) is 0 Å². The molecule has 1 N–H and O–H groups in total. The Balaban J connectivity index is 1.34. The van der Waals surface area contributed by atoms with E-state index in [1.165, 1.54) is 0 Å². The largest absolute Gasteiger partial charge is 0.369 e. The van der Waals surface area contributed by atoms with E-state index in [9.17, 15) is 8.42 Å². The van der Waals surface area contributed by atoms with Gasteiger partial charge in [0.05, 0.1) is 16.6 Å². The Hall–Kier alpha value is -2.91. The fourth-order valence-electron chi connectivity index (χ4n) is 3.52. The zero-order valence-electron chi connectivity index (χ0n) is 17.8. The minimum absolute atomic E-state index is 0.471. The van der Waals surface area contributed by atoms with Gasteiger partial charge in [0.15, 0.2) is 0 Å². The summed E-state index contributed by atoms with van der Waals surface area (Å²) in [6, 6.07) is 13.4. The first-order chi connectivity index (χ1) is 14.9. The second kappa shape index (κ2) is 9.07. The van der Waals surface area contributed by atoms with Gasteiger partial charge in [-0.3, -0.25) is 14.2 Å². The number of hydrogen-bond donors (Lipinski definition) is 1. The minimum atomic E-state index is -3.35. The topological polar surface area (TPSA) is 83.4 Å². The first kappa shape index (κ1) is 21.3. The molecule has 1 saturated heterocycles. The second-order valence-corrected chi connectivity index (χ2v) is 10.2. The summed E-state index contributed by atoms with van der Waals surface area (Å²) in [5.74, 6) is 0.860. The number of piperazine rings is 1. The molecule has 3 heterocycles. The molecule has 4 rings (SSSR count). The van der Waals surface area contributed by atoms with Crippen LogP contribution in [0.25, 0.3) is 5.82 Å². The fraction of sp³-hybridized carbons (Fsp3) is 0.364. The highest BCUT2D eigenvalue weighted by molar-refractivity contribution is 7.93. The van der Waals surface area contributed by atoms with Gasteiger partial charge < -0.3 is 4.90 Å². The highest BCUT2D eigenvalue weighted by atomic mass is 32.2. The minimum Gasteiger partial charge on any atom is -0.369 e. The third kappa shape index (κ3) is 5.23. The molecule has 164 valence electrons. The van der Waals surface area contributed by atoms with Crippen molar-refractivity contribution in [2.45, 2.75) is 25.6 Å². The number of aromatic nitrogens is 3. The molecule has 0 saturated carbocycles. The molecule has 0 aliphatic carbocycles. The molecule has 1 fully saturated rings. The average Bonchev–Trinajstić information content (AvgIpc) is 3.23. The van der Waals surface area contributed by atoms with Crippen LogP contribution in [0, 0.1) is 0 Å². The summed E-state index contributed by atoms with van der Waals surface area (Å²) in [5.41, 5.74) is 2.65. The molecule has 0 spiro atoms. The number of anilines is 2. The van der Waals surface area contributed by atoms with E-state index in [2.05, 4.69) is 24.5 Å². The van der Waals surface area contributed by atoms with Gasteiger partial charge in [0.2, 0.25) is 10.0 Å². The van der Waals surface area contributed by atoms with E-state index in [0.717, 1.165) is 49.9 Å². The zero-order chi connectivity index (χ0) is 21.8. The van der Waals surface area contributed by atoms with Gasteiger partial charge in [-0.1, -0.05) is 12.1 Å². The van der Waals surface area contributed by atoms with Gasteiger partial charge in [0, 0.05) is 50.8 Å². The molecule has 1 aliphatic heterocycles. The molecule has 2 aromatic heterocycles. The lowest BCUT2D eigenvalue weighted by molar-refractivity contribution is 0.247. The summed E-state index contributed by atoms with van der Waals surface area (Å²) in [7, 11) is -3.35. The van der Waals surface area contributed by atoms with Crippen LogP contribution < -0.4 is 9.62 Å². The SMILES string of the molecule is CC(C)S(=O)(=O)Nc1cccc(N2CCN(Cc3cn(-c4ccccn4)cn3)CC2)c1. The van der Waals surface area contributed by atoms with Crippen molar-refractivity contribution in [3.8, 4) is 5.82 Å². The van der Waals surface area contributed by atoms with Crippen LogP contribution in [0.1, 0.15) is 19.5 Å². The lowest BCUT2D eigenvalue weighted by Gasteiger charge is -2.36. The van der Waals surface area contributed by atoms with E-state index in [0.29, 0.717) is 5.69 Å². The first-order valence-electron chi connectivity index (χ1n) is 10.4. The predicted octanol–water partition coefficient (Wildman–Crippen LogP) is 2.74. The van der Waals surface area contributed by atoms with Crippen molar-refractivity contribution in [3.63, 3.8) is 0 Å². The Labute approximate surface area is 183 Å². The van der Waals surface area contributed by atoms with Gasteiger partial charge in [-0.25, -0.2) is 18.4 Å². The molecule has 0 unspecified atom stereocenters. The van der Waals surface area contributed by atoms with Gasteiger partial charge in [-0.2, -0.15) is 0 Å². The molecule has 1 aliphatic rings. The smallest absolute Gasteiger partial charge is 0.235 e. The number of nitrogens with zero attached hydrogens (tertiary/aromatic N) is 5. The molecule has 9 heteroatoms. The van der Waals surface area contributed by atoms with Crippen LogP contribution in [0.2, 0.25) is 0 Å². The lowest BCUT2D eigenvalue weighted by Crippen LogP contribution is -2.46. The Morgan fingerprint density at radius 3 is 2.55 bits per heavy atom. The van der Waals surface area contributed by atoms with E-state index < -0.39 is 15.3 Å². The third-order valence-corrected chi connectivity index (χ3v) is 7.16. The Morgan fingerprint density at radius 2 is 1.84 bits per heavy atom. The molecular formula is C22H28N6O2S. The van der Waals surface area contributed by atoms with Crippen molar-refractivity contribution in [2.24, 2.45) is 0 Å². The van der Waals surface area contributed by atoms with Gasteiger partial charge in [0.1, 0.15) is 12.1 Å². The fourth-order valence-corrected chi connectivity index (χ4v) is 4.21. The summed E-state index contributed by atoms with van der Waals surface area (Å²) in [6.45, 7) is 7.72. The van der Waals surface area contributed by atoms with Gasteiger partial charge in [-0.15, -0.1) is 0 Å². The van der Waals surface area contributed by atoms with Crippen LogP contribution in [-0.2, 0) is 16.6 Å². The zero-order valence-corrected chi connectivity index (χ0v) is 18.7. The molecule has 0 atom stereocenters. The van der Waals surface area contributed by atoms with Crippen LogP contribution in [0.15, 0.2) is 61.2 Å². The number of imidazole rings is 1. The number of pyridine rings is 1. The van der Waals surface area contributed by atoms with Crippen LogP contribution in [0.3, 0.4) is 0 Å². The molecule has 8 nitrogen and oxygen atoms in total. The average molecular weight is 441 g/mol. The van der Waals surface area contributed by atoms with Crippen molar-refractivity contribution in [1.29, 1.82) is 0 Å². The monoisotopic (exact) mass is 440 g/mol. The molecule has 1 aromatic carbocycles. The van der Waals surface area contributed by atoms with E-state index in [1.54, 1.807) is 32.4 Å². The highest BCUT2D eigenvalue weighted by Gasteiger charge is 2.20. The van der Waals surface area contributed by atoms with Crippen molar-refractivity contribution >= 4 is 21.4 Å². The van der Waals surface area contributed by atoms with E-state index >= 15 is 0 Å². The number of benzene rings is 1.